The smallest absolute Gasteiger partial charge is 0.253 e. The standard InChI is InChI=1S/C16H12ClFIN3O/c1-20-16(23)12-6-11(17)5-10-7-21-22(15(10)12)8-9-2-3-14(19)13(18)4-9/h2-7H,8H2,1H3,(H,20,23). The molecule has 118 valence electrons. The van der Waals surface area contributed by atoms with Gasteiger partial charge in [0, 0.05) is 21.0 Å². The highest BCUT2D eigenvalue weighted by molar-refractivity contribution is 14.1. The number of hydrogen-bond donors (Lipinski definition) is 1. The first-order chi connectivity index (χ1) is 11.0. The van der Waals surface area contributed by atoms with Crippen LogP contribution in [0.3, 0.4) is 0 Å². The van der Waals surface area contributed by atoms with Gasteiger partial charge in [-0.3, -0.25) is 9.48 Å². The highest BCUT2D eigenvalue weighted by Gasteiger charge is 2.15. The van der Waals surface area contributed by atoms with Gasteiger partial charge in [0.2, 0.25) is 0 Å². The Hall–Kier alpha value is -1.67. The second-order valence-electron chi connectivity index (χ2n) is 5.02. The van der Waals surface area contributed by atoms with E-state index in [4.69, 9.17) is 11.6 Å². The molecule has 1 aromatic heterocycles. The second kappa shape index (κ2) is 6.45. The van der Waals surface area contributed by atoms with Crippen molar-refractivity contribution in [2.45, 2.75) is 6.54 Å². The maximum absolute atomic E-state index is 13.7. The van der Waals surface area contributed by atoms with Gasteiger partial charge in [-0.2, -0.15) is 5.10 Å². The lowest BCUT2D eigenvalue weighted by Gasteiger charge is -2.09. The molecule has 0 unspecified atom stereocenters. The monoisotopic (exact) mass is 443 g/mol. The Morgan fingerprint density at radius 1 is 1.39 bits per heavy atom. The van der Waals surface area contributed by atoms with Gasteiger partial charge in [0.25, 0.3) is 5.91 Å². The van der Waals surface area contributed by atoms with E-state index in [9.17, 15) is 9.18 Å². The van der Waals surface area contributed by atoms with Gasteiger partial charge < -0.3 is 5.32 Å². The molecule has 3 aromatic rings. The molecular weight excluding hydrogens is 432 g/mol. The van der Waals surface area contributed by atoms with Crippen LogP contribution in [0.1, 0.15) is 15.9 Å². The molecule has 3 rings (SSSR count). The maximum atomic E-state index is 13.7. The van der Waals surface area contributed by atoms with Gasteiger partial charge in [-0.15, -0.1) is 0 Å². The summed E-state index contributed by atoms with van der Waals surface area (Å²) < 4.78 is 16.0. The van der Waals surface area contributed by atoms with Crippen LogP contribution >= 0.6 is 34.2 Å². The van der Waals surface area contributed by atoms with Crippen molar-refractivity contribution in [1.29, 1.82) is 0 Å². The summed E-state index contributed by atoms with van der Waals surface area (Å²) in [6.45, 7) is 0.364. The van der Waals surface area contributed by atoms with E-state index < -0.39 is 0 Å². The number of amides is 1. The van der Waals surface area contributed by atoms with Crippen molar-refractivity contribution >= 4 is 51.0 Å². The third kappa shape index (κ3) is 3.18. The Morgan fingerprint density at radius 2 is 2.17 bits per heavy atom. The summed E-state index contributed by atoms with van der Waals surface area (Å²) in [5.74, 6) is -0.512. The molecule has 1 amide bonds. The normalized spacial score (nSPS) is 11.0. The van der Waals surface area contributed by atoms with Crippen molar-refractivity contribution < 1.29 is 9.18 Å². The van der Waals surface area contributed by atoms with Crippen LogP contribution < -0.4 is 5.32 Å². The third-order valence-electron chi connectivity index (χ3n) is 3.49. The average molecular weight is 444 g/mol. The number of aromatic nitrogens is 2. The summed E-state index contributed by atoms with van der Waals surface area (Å²) in [6, 6.07) is 8.39. The van der Waals surface area contributed by atoms with Crippen LogP contribution in [0.4, 0.5) is 4.39 Å². The van der Waals surface area contributed by atoms with Gasteiger partial charge in [0.15, 0.2) is 0 Å². The topological polar surface area (TPSA) is 46.9 Å². The van der Waals surface area contributed by atoms with Gasteiger partial charge in [-0.05, 0) is 52.4 Å². The lowest BCUT2D eigenvalue weighted by Crippen LogP contribution is -2.19. The van der Waals surface area contributed by atoms with E-state index >= 15 is 0 Å². The molecule has 4 nitrogen and oxygen atoms in total. The quantitative estimate of drug-likeness (QED) is 0.625. The lowest BCUT2D eigenvalue weighted by molar-refractivity contribution is 0.0964. The molecule has 0 bridgehead atoms. The van der Waals surface area contributed by atoms with Crippen LogP contribution in [0.25, 0.3) is 10.9 Å². The largest absolute Gasteiger partial charge is 0.355 e. The Labute approximate surface area is 150 Å². The zero-order valence-electron chi connectivity index (χ0n) is 12.1. The molecule has 7 heteroatoms. The van der Waals surface area contributed by atoms with Gasteiger partial charge in [-0.25, -0.2) is 4.39 Å². The molecule has 0 radical (unpaired) electrons. The molecule has 0 atom stereocenters. The highest BCUT2D eigenvalue weighted by Crippen LogP contribution is 2.25. The predicted molar refractivity (Wildman–Crippen MR) is 96.4 cm³/mol. The first kappa shape index (κ1) is 16.2. The summed E-state index contributed by atoms with van der Waals surface area (Å²) in [5.41, 5.74) is 1.89. The first-order valence-corrected chi connectivity index (χ1v) is 8.26. The molecule has 0 spiro atoms. The van der Waals surface area contributed by atoms with Crippen molar-refractivity contribution in [2.24, 2.45) is 0 Å². The highest BCUT2D eigenvalue weighted by atomic mass is 127. The van der Waals surface area contributed by atoms with E-state index in [0.29, 0.717) is 26.2 Å². The number of nitrogens with zero attached hydrogens (tertiary/aromatic N) is 2. The zero-order valence-corrected chi connectivity index (χ0v) is 15.0. The van der Waals surface area contributed by atoms with Crippen LogP contribution in [-0.4, -0.2) is 22.7 Å². The van der Waals surface area contributed by atoms with E-state index in [1.807, 2.05) is 28.7 Å². The van der Waals surface area contributed by atoms with E-state index in [0.717, 1.165) is 10.9 Å². The van der Waals surface area contributed by atoms with Gasteiger partial charge in [-0.1, -0.05) is 17.7 Å². The number of carbonyl (C=O) groups is 1. The molecule has 0 aliphatic rings. The number of carbonyl (C=O) groups excluding carboxylic acids is 1. The molecule has 0 aliphatic carbocycles. The number of fused-ring (bicyclic) bond motifs is 1. The molecule has 0 aliphatic heterocycles. The summed E-state index contributed by atoms with van der Waals surface area (Å²) >= 11 is 8.01. The Balaban J connectivity index is 2.11. The minimum Gasteiger partial charge on any atom is -0.355 e. The molecular formula is C16H12ClFIN3O. The number of hydrogen-bond acceptors (Lipinski definition) is 2. The molecule has 23 heavy (non-hydrogen) atoms. The summed E-state index contributed by atoms with van der Waals surface area (Å²) in [7, 11) is 1.56. The SMILES string of the molecule is CNC(=O)c1cc(Cl)cc2cnn(Cc3ccc(I)c(F)c3)c12. The summed E-state index contributed by atoms with van der Waals surface area (Å²) in [4.78, 5) is 12.1. The van der Waals surface area contributed by atoms with Crippen molar-refractivity contribution in [3.8, 4) is 0 Å². The van der Waals surface area contributed by atoms with E-state index in [-0.39, 0.29) is 11.7 Å². The average Bonchev–Trinajstić information content (AvgIpc) is 2.92. The number of rotatable bonds is 3. The van der Waals surface area contributed by atoms with Crippen molar-refractivity contribution in [1.82, 2.24) is 15.1 Å². The Morgan fingerprint density at radius 3 is 2.87 bits per heavy atom. The number of halogens is 3. The summed E-state index contributed by atoms with van der Waals surface area (Å²) in [6.07, 6.45) is 1.65. The fourth-order valence-corrected chi connectivity index (χ4v) is 3.00. The molecule has 0 saturated heterocycles. The molecule has 0 saturated carbocycles. The van der Waals surface area contributed by atoms with Crippen LogP contribution in [0.15, 0.2) is 36.5 Å². The minimum atomic E-state index is -0.269. The van der Waals surface area contributed by atoms with E-state index in [1.165, 1.54) is 6.07 Å². The van der Waals surface area contributed by atoms with Crippen LogP contribution in [0.2, 0.25) is 5.02 Å². The Kier molecular flexibility index (Phi) is 4.54. The molecule has 0 fully saturated rings. The van der Waals surface area contributed by atoms with Crippen molar-refractivity contribution in [3.63, 3.8) is 0 Å². The maximum Gasteiger partial charge on any atom is 0.253 e. The van der Waals surface area contributed by atoms with Crippen LogP contribution in [-0.2, 0) is 6.54 Å². The Bertz CT molecular complexity index is 910. The van der Waals surface area contributed by atoms with Crippen LogP contribution in [0.5, 0.6) is 0 Å². The minimum absolute atomic E-state index is 0.243. The summed E-state index contributed by atoms with van der Waals surface area (Å²) in [5, 5.41) is 8.15. The fraction of sp³-hybridized carbons (Fsp3) is 0.125. The first-order valence-electron chi connectivity index (χ1n) is 6.80. The van der Waals surface area contributed by atoms with Gasteiger partial charge in [0.1, 0.15) is 5.82 Å². The van der Waals surface area contributed by atoms with Crippen LogP contribution in [0, 0.1) is 9.39 Å². The second-order valence-corrected chi connectivity index (χ2v) is 6.62. The fourth-order valence-electron chi connectivity index (χ4n) is 2.43. The van der Waals surface area contributed by atoms with Gasteiger partial charge in [0.05, 0.1) is 23.8 Å². The van der Waals surface area contributed by atoms with Gasteiger partial charge >= 0.3 is 0 Å². The number of benzene rings is 2. The van der Waals surface area contributed by atoms with Crippen molar-refractivity contribution in [2.75, 3.05) is 7.05 Å². The lowest BCUT2D eigenvalue weighted by atomic mass is 10.1. The zero-order chi connectivity index (χ0) is 16.6. The molecule has 1 N–H and O–H groups in total. The number of nitrogens with one attached hydrogen (secondary N) is 1. The van der Waals surface area contributed by atoms with E-state index in [2.05, 4.69) is 10.4 Å². The predicted octanol–water partition coefficient (Wildman–Crippen LogP) is 3.84. The van der Waals surface area contributed by atoms with E-state index in [1.54, 1.807) is 36.1 Å². The molecule has 1 heterocycles. The third-order valence-corrected chi connectivity index (χ3v) is 4.58. The van der Waals surface area contributed by atoms with Crippen molar-refractivity contribution in [3.05, 3.63) is 62.1 Å². The molecule has 2 aromatic carbocycles.